The Balaban J connectivity index is 5.05. The Morgan fingerprint density at radius 3 is 2.05 bits per heavy atom. The molecule has 0 saturated carbocycles. The molecule has 14 heteroatoms. The molecule has 4 atom stereocenters. The summed E-state index contributed by atoms with van der Waals surface area (Å²) in [6.45, 7) is 3.00. The second-order valence-corrected chi connectivity index (χ2v) is 8.49. The van der Waals surface area contributed by atoms with Crippen molar-refractivity contribution in [1.29, 1.82) is 0 Å². The van der Waals surface area contributed by atoms with Gasteiger partial charge in [-0.05, 0) is 32.6 Å². The highest BCUT2D eigenvalue weighted by Crippen LogP contribution is 2.06. The largest absolute Gasteiger partial charge is 0.480 e. The summed E-state index contributed by atoms with van der Waals surface area (Å²) in [5.74, 6) is -3.80. The number of rotatable bonds is 18. The number of hydrogen-bond acceptors (Lipinski definition) is 9. The summed E-state index contributed by atoms with van der Waals surface area (Å²) in [7, 11) is 2.35. The summed E-state index contributed by atoms with van der Waals surface area (Å²) < 4.78 is 9.12. The topological polar surface area (TPSA) is 215 Å². The lowest BCUT2D eigenvalue weighted by molar-refractivity contribution is -0.145. The van der Waals surface area contributed by atoms with Crippen LogP contribution in [0.25, 0.3) is 0 Å². The molecule has 14 nitrogen and oxygen atoms in total. The number of esters is 2. The SMILES string of the molecule is CCCCCCC(=O)NC(CNC(=O)N[C@@H](CCCC(N)C(=O)OC)C(=O)N[C@H](C)C(=O)OC)C(=O)O. The number of urea groups is 1. The quantitative estimate of drug-likeness (QED) is 0.0988. The number of carbonyl (C=O) groups is 6. The van der Waals surface area contributed by atoms with E-state index in [1.54, 1.807) is 0 Å². The van der Waals surface area contributed by atoms with Crippen LogP contribution in [0.1, 0.15) is 65.2 Å². The van der Waals surface area contributed by atoms with Crippen LogP contribution in [0, 0.1) is 0 Å². The van der Waals surface area contributed by atoms with Gasteiger partial charge in [0.2, 0.25) is 11.8 Å². The van der Waals surface area contributed by atoms with Gasteiger partial charge in [0.25, 0.3) is 0 Å². The summed E-state index contributed by atoms with van der Waals surface area (Å²) >= 11 is 0. The van der Waals surface area contributed by atoms with Gasteiger partial charge in [-0.2, -0.15) is 0 Å². The maximum atomic E-state index is 12.7. The molecular formula is C23H41N5O9. The summed E-state index contributed by atoms with van der Waals surface area (Å²) in [5.41, 5.74) is 5.70. The average molecular weight is 532 g/mol. The highest BCUT2D eigenvalue weighted by Gasteiger charge is 2.26. The van der Waals surface area contributed by atoms with Crippen molar-refractivity contribution in [1.82, 2.24) is 21.3 Å². The van der Waals surface area contributed by atoms with Crippen LogP contribution in [-0.4, -0.2) is 85.8 Å². The Kier molecular flexibility index (Phi) is 17.1. The Hall–Kier alpha value is -3.42. The standard InChI is InChI=1S/C23H41N5O9/c1-5-6-7-8-12-18(29)27-17(20(31)32)13-25-23(35)28-16(11-9-10-15(24)22(34)37-4)19(30)26-14(2)21(33)36-3/h14-17H,5-13,24H2,1-4H3,(H,26,30)(H,27,29)(H,31,32)(H2,25,28,35)/t14-,15?,16+,17?/m1/s1. The fourth-order valence-corrected chi connectivity index (χ4v) is 3.21. The molecule has 37 heavy (non-hydrogen) atoms. The van der Waals surface area contributed by atoms with Crippen LogP contribution in [0.2, 0.25) is 0 Å². The van der Waals surface area contributed by atoms with E-state index < -0.39 is 66.5 Å². The Morgan fingerprint density at radius 2 is 1.49 bits per heavy atom. The minimum absolute atomic E-state index is 0.0503. The second-order valence-electron chi connectivity index (χ2n) is 8.49. The first-order chi connectivity index (χ1) is 17.5. The second kappa shape index (κ2) is 18.8. The highest BCUT2D eigenvalue weighted by molar-refractivity contribution is 5.90. The van der Waals surface area contributed by atoms with Crippen LogP contribution in [0.3, 0.4) is 0 Å². The van der Waals surface area contributed by atoms with Crippen LogP contribution < -0.4 is 27.0 Å². The number of aliphatic carboxylic acids is 1. The Morgan fingerprint density at radius 1 is 0.838 bits per heavy atom. The van der Waals surface area contributed by atoms with E-state index in [1.807, 2.05) is 6.92 Å². The smallest absolute Gasteiger partial charge is 0.328 e. The predicted molar refractivity (Wildman–Crippen MR) is 132 cm³/mol. The van der Waals surface area contributed by atoms with Gasteiger partial charge in [0.1, 0.15) is 24.2 Å². The summed E-state index contributed by atoms with van der Waals surface area (Å²) in [6.07, 6.45) is 4.07. The maximum Gasteiger partial charge on any atom is 0.328 e. The average Bonchev–Trinajstić information content (AvgIpc) is 2.86. The van der Waals surface area contributed by atoms with E-state index in [-0.39, 0.29) is 25.7 Å². The number of methoxy groups -OCH3 is 2. The van der Waals surface area contributed by atoms with Crippen LogP contribution in [0.4, 0.5) is 4.79 Å². The monoisotopic (exact) mass is 531 g/mol. The molecule has 0 aromatic heterocycles. The first-order valence-corrected chi connectivity index (χ1v) is 12.2. The van der Waals surface area contributed by atoms with Crippen LogP contribution in [-0.2, 0) is 33.4 Å². The number of carboxylic acid groups (broad SMARTS) is 1. The molecule has 0 aliphatic heterocycles. The van der Waals surface area contributed by atoms with Crippen molar-refractivity contribution in [3.8, 4) is 0 Å². The molecule has 0 aliphatic carbocycles. The number of nitrogens with one attached hydrogen (secondary N) is 4. The molecule has 0 aromatic carbocycles. The fourth-order valence-electron chi connectivity index (χ4n) is 3.21. The third-order valence-electron chi connectivity index (χ3n) is 5.40. The lowest BCUT2D eigenvalue weighted by atomic mass is 10.0. The fraction of sp³-hybridized carbons (Fsp3) is 0.739. The van der Waals surface area contributed by atoms with Gasteiger partial charge in [0.15, 0.2) is 0 Å². The molecule has 0 saturated heterocycles. The summed E-state index contributed by atoms with van der Waals surface area (Å²) in [5, 5.41) is 18.9. The van der Waals surface area contributed by atoms with Gasteiger partial charge in [-0.15, -0.1) is 0 Å². The Labute approximate surface area is 216 Å². The number of hydrogen-bond donors (Lipinski definition) is 6. The molecule has 0 spiro atoms. The van der Waals surface area contributed by atoms with Crippen molar-refractivity contribution in [3.63, 3.8) is 0 Å². The lowest BCUT2D eigenvalue weighted by Crippen LogP contribution is -2.55. The van der Waals surface area contributed by atoms with E-state index >= 15 is 0 Å². The van der Waals surface area contributed by atoms with Crippen molar-refractivity contribution in [2.45, 2.75) is 89.4 Å². The third kappa shape index (κ3) is 14.7. The Bertz CT molecular complexity index is 778. The number of amides is 4. The van der Waals surface area contributed by atoms with Gasteiger partial charge < -0.3 is 41.6 Å². The van der Waals surface area contributed by atoms with Gasteiger partial charge in [-0.25, -0.2) is 14.4 Å². The molecule has 4 amide bonds. The zero-order chi connectivity index (χ0) is 28.4. The minimum atomic E-state index is -1.37. The molecule has 0 aliphatic rings. The van der Waals surface area contributed by atoms with Gasteiger partial charge in [-0.3, -0.25) is 14.4 Å². The molecule has 0 heterocycles. The van der Waals surface area contributed by atoms with Crippen LogP contribution in [0.5, 0.6) is 0 Å². The lowest BCUT2D eigenvalue weighted by Gasteiger charge is -2.22. The van der Waals surface area contributed by atoms with E-state index in [9.17, 15) is 33.9 Å². The number of carbonyl (C=O) groups excluding carboxylic acids is 5. The molecule has 2 unspecified atom stereocenters. The molecular weight excluding hydrogens is 490 g/mol. The van der Waals surface area contributed by atoms with Gasteiger partial charge in [0, 0.05) is 6.42 Å². The normalized spacial score (nSPS) is 13.8. The maximum absolute atomic E-state index is 12.7. The zero-order valence-corrected chi connectivity index (χ0v) is 22.0. The van der Waals surface area contributed by atoms with Crippen molar-refractivity contribution >= 4 is 35.8 Å². The number of unbranched alkanes of at least 4 members (excludes halogenated alkanes) is 3. The number of carboxylic acids is 1. The molecule has 0 aromatic rings. The van der Waals surface area contributed by atoms with Crippen molar-refractivity contribution in [2.24, 2.45) is 5.73 Å². The van der Waals surface area contributed by atoms with Crippen molar-refractivity contribution < 1.29 is 43.3 Å². The van der Waals surface area contributed by atoms with Gasteiger partial charge in [-0.1, -0.05) is 26.2 Å². The van der Waals surface area contributed by atoms with E-state index in [1.165, 1.54) is 14.0 Å². The van der Waals surface area contributed by atoms with Gasteiger partial charge in [0.05, 0.1) is 20.8 Å². The zero-order valence-electron chi connectivity index (χ0n) is 22.0. The minimum Gasteiger partial charge on any atom is -0.480 e. The molecule has 0 bridgehead atoms. The van der Waals surface area contributed by atoms with Crippen molar-refractivity contribution in [2.75, 3.05) is 20.8 Å². The van der Waals surface area contributed by atoms with E-state index in [0.717, 1.165) is 26.4 Å². The number of ether oxygens (including phenoxy) is 2. The van der Waals surface area contributed by atoms with E-state index in [2.05, 4.69) is 30.7 Å². The van der Waals surface area contributed by atoms with E-state index in [4.69, 9.17) is 5.73 Å². The number of nitrogens with two attached hydrogens (primary N) is 1. The molecule has 0 radical (unpaired) electrons. The molecule has 7 N–H and O–H groups in total. The third-order valence-corrected chi connectivity index (χ3v) is 5.40. The first-order valence-electron chi connectivity index (χ1n) is 12.2. The highest BCUT2D eigenvalue weighted by atomic mass is 16.5. The molecule has 0 fully saturated rings. The van der Waals surface area contributed by atoms with Gasteiger partial charge >= 0.3 is 23.9 Å². The predicted octanol–water partition coefficient (Wildman–Crippen LogP) is -0.458. The van der Waals surface area contributed by atoms with Crippen LogP contribution >= 0.6 is 0 Å². The molecule has 212 valence electrons. The van der Waals surface area contributed by atoms with Crippen LogP contribution in [0.15, 0.2) is 0 Å². The van der Waals surface area contributed by atoms with E-state index in [0.29, 0.717) is 6.42 Å². The summed E-state index contributed by atoms with van der Waals surface area (Å²) in [4.78, 5) is 71.8. The molecule has 0 rings (SSSR count). The first kappa shape index (κ1) is 33.6. The van der Waals surface area contributed by atoms with Crippen molar-refractivity contribution in [3.05, 3.63) is 0 Å². The summed E-state index contributed by atoms with van der Waals surface area (Å²) in [6, 6.07) is -5.29.